The lowest BCUT2D eigenvalue weighted by Crippen LogP contribution is -2.54. The van der Waals surface area contributed by atoms with Gasteiger partial charge in [0.1, 0.15) is 30.1 Å². The molecule has 1 amide bonds. The van der Waals surface area contributed by atoms with Crippen LogP contribution in [0.5, 0.6) is 0 Å². The Balaban J connectivity index is 1.65. The molecule has 0 aromatic carbocycles. The quantitative estimate of drug-likeness (QED) is 0.150. The van der Waals surface area contributed by atoms with E-state index in [1.54, 1.807) is 27.0 Å². The van der Waals surface area contributed by atoms with Crippen LogP contribution in [0.2, 0.25) is 0 Å². The van der Waals surface area contributed by atoms with Gasteiger partial charge in [0.25, 0.3) is 0 Å². The first-order chi connectivity index (χ1) is 29.2. The van der Waals surface area contributed by atoms with Crippen LogP contribution in [-0.2, 0) is 28.6 Å². The minimum absolute atomic E-state index is 0.0996. The van der Waals surface area contributed by atoms with Crippen LogP contribution in [-0.4, -0.2) is 116 Å². The van der Waals surface area contributed by atoms with Crippen LogP contribution in [0.4, 0.5) is 0 Å². The van der Waals surface area contributed by atoms with E-state index in [0.717, 1.165) is 12.0 Å². The van der Waals surface area contributed by atoms with Crippen LogP contribution in [0.3, 0.4) is 0 Å². The van der Waals surface area contributed by atoms with Crippen LogP contribution in [0.25, 0.3) is 0 Å². The molecule has 4 aliphatic rings. The Kier molecular flexibility index (Phi) is 19.8. The second kappa shape index (κ2) is 23.8. The number of ether oxygens (including phenoxy) is 3. The number of Topliss-reactive ketones (excluding diaryl/α,β-unsaturated/α-hetero) is 1. The van der Waals surface area contributed by atoms with Crippen molar-refractivity contribution in [2.75, 3.05) is 13.7 Å². The molecule has 350 valence electrons. The van der Waals surface area contributed by atoms with Gasteiger partial charge in [0.05, 0.1) is 30.8 Å². The fourth-order valence-electron chi connectivity index (χ4n) is 9.80. The highest BCUT2D eigenvalue weighted by molar-refractivity contribution is 5.86. The number of carbonyl (C=O) groups is 3. The van der Waals surface area contributed by atoms with Crippen molar-refractivity contribution in [3.05, 3.63) is 59.8 Å². The van der Waals surface area contributed by atoms with Crippen molar-refractivity contribution in [1.82, 2.24) is 4.90 Å². The van der Waals surface area contributed by atoms with E-state index < -0.39 is 66.2 Å². The number of hydrogen-bond acceptors (Lipinski definition) is 11. The predicted molar refractivity (Wildman–Crippen MR) is 239 cm³/mol. The summed E-state index contributed by atoms with van der Waals surface area (Å²) in [6.45, 7) is 17.5. The molecule has 4 rings (SSSR count). The number of esters is 1. The van der Waals surface area contributed by atoms with Gasteiger partial charge in [-0.15, -0.1) is 0 Å². The van der Waals surface area contributed by atoms with Gasteiger partial charge in [0.2, 0.25) is 5.91 Å². The maximum Gasteiger partial charge on any atom is 0.329 e. The predicted octanol–water partition coefficient (Wildman–Crippen LogP) is 6.68. The number of carbonyl (C=O) groups excluding carboxylic acids is 3. The van der Waals surface area contributed by atoms with Crippen LogP contribution >= 0.6 is 0 Å². The van der Waals surface area contributed by atoms with Gasteiger partial charge in [-0.2, -0.15) is 0 Å². The van der Waals surface area contributed by atoms with Crippen molar-refractivity contribution < 1.29 is 54.1 Å². The Morgan fingerprint density at radius 1 is 0.903 bits per heavy atom. The fourth-order valence-corrected chi connectivity index (χ4v) is 9.80. The maximum atomic E-state index is 14.3. The molecule has 12 heteroatoms. The molecule has 0 aromatic heterocycles. The summed E-state index contributed by atoms with van der Waals surface area (Å²) in [6.07, 6.45) is 11.7. The zero-order valence-corrected chi connectivity index (χ0v) is 38.8. The zero-order chi connectivity index (χ0) is 45.9. The highest BCUT2D eigenvalue weighted by Crippen LogP contribution is 2.38. The van der Waals surface area contributed by atoms with Crippen molar-refractivity contribution >= 4 is 17.7 Å². The molecular formula is C50H79NO11. The molecule has 62 heavy (non-hydrogen) atoms. The maximum absolute atomic E-state index is 14.3. The second-order valence-corrected chi connectivity index (χ2v) is 19.4. The highest BCUT2D eigenvalue weighted by Gasteiger charge is 2.46. The highest BCUT2D eigenvalue weighted by atomic mass is 16.6. The van der Waals surface area contributed by atoms with Gasteiger partial charge in [-0.25, -0.2) is 4.79 Å². The number of methoxy groups -OCH3 is 1. The average Bonchev–Trinajstić information content (AvgIpc) is 3.23. The summed E-state index contributed by atoms with van der Waals surface area (Å²) in [5.41, 5.74) is 1.65. The molecule has 3 heterocycles. The average molecular weight is 870 g/mol. The van der Waals surface area contributed by atoms with E-state index in [1.165, 1.54) is 4.90 Å². The number of piperidine rings is 1. The molecule has 1 saturated carbocycles. The molecule has 1 aliphatic carbocycles. The molecular weight excluding hydrogens is 791 g/mol. The Morgan fingerprint density at radius 2 is 1.63 bits per heavy atom. The molecule has 5 N–H and O–H groups in total. The van der Waals surface area contributed by atoms with Crippen molar-refractivity contribution in [3.8, 4) is 0 Å². The first kappa shape index (κ1) is 51.7. The number of aliphatic hydroxyl groups is 5. The van der Waals surface area contributed by atoms with Gasteiger partial charge in [0, 0.05) is 38.3 Å². The minimum Gasteiger partial charge on any atom is -0.460 e. The Morgan fingerprint density at radius 3 is 2.34 bits per heavy atom. The number of ketones is 1. The van der Waals surface area contributed by atoms with Gasteiger partial charge < -0.3 is 44.6 Å². The second-order valence-electron chi connectivity index (χ2n) is 19.4. The smallest absolute Gasteiger partial charge is 0.329 e. The Labute approximate surface area is 371 Å². The van der Waals surface area contributed by atoms with Gasteiger partial charge in [-0.3, -0.25) is 9.59 Å². The number of fused-ring (bicyclic) bond motifs is 3. The first-order valence-electron chi connectivity index (χ1n) is 23.3. The number of hydrogen-bond donors (Lipinski definition) is 5. The number of amides is 1. The molecule has 12 nitrogen and oxygen atoms in total. The molecule has 0 aromatic rings. The SMILES string of the molecule is C=C1[C@H](C)C[C@H](C)/C=C/C=C/C=C(\C)[C@@H](O)C[C@@H]2CC[C@@H](C)[C@](O)(CC(=O)N3CCCC[C@H]3C(=O)O[C@H]([C@H](C)C[C@@H]3CC[C@@H](O)[C@H](OC)C3)CC(=O)[C@H](C)/C=C(\C)[C@@H](O)[C@H]1O)O2. The van der Waals surface area contributed by atoms with E-state index >= 15 is 0 Å². The van der Waals surface area contributed by atoms with Crippen LogP contribution in [0.1, 0.15) is 132 Å². The zero-order valence-electron chi connectivity index (χ0n) is 38.8. The van der Waals surface area contributed by atoms with Gasteiger partial charge >= 0.3 is 5.97 Å². The van der Waals surface area contributed by atoms with Gasteiger partial charge in [0.15, 0.2) is 5.79 Å². The van der Waals surface area contributed by atoms with Gasteiger partial charge in [-0.05, 0) is 118 Å². The number of nitrogens with zero attached hydrogens (tertiary/aromatic N) is 1. The van der Waals surface area contributed by atoms with Crippen molar-refractivity contribution in [1.29, 1.82) is 0 Å². The first-order valence-corrected chi connectivity index (χ1v) is 23.3. The van der Waals surface area contributed by atoms with E-state index in [-0.39, 0.29) is 60.7 Å². The number of rotatable bonds is 4. The topological polar surface area (TPSA) is 183 Å². The third-order valence-electron chi connectivity index (χ3n) is 14.3. The lowest BCUT2D eigenvalue weighted by molar-refractivity contribution is -0.283. The lowest BCUT2D eigenvalue weighted by Gasteiger charge is -2.44. The summed E-state index contributed by atoms with van der Waals surface area (Å²) in [6, 6.07) is -0.912. The Hall–Kier alpha value is -2.97. The number of aliphatic hydroxyl groups excluding tert-OH is 4. The minimum atomic E-state index is -1.79. The molecule has 0 radical (unpaired) electrons. The van der Waals surface area contributed by atoms with Crippen molar-refractivity contribution in [3.63, 3.8) is 0 Å². The molecule has 3 aliphatic heterocycles. The fraction of sp³-hybridized carbons (Fsp3) is 0.740. The van der Waals surface area contributed by atoms with E-state index in [4.69, 9.17) is 14.2 Å². The van der Waals surface area contributed by atoms with Crippen LogP contribution in [0, 0.1) is 35.5 Å². The number of cyclic esters (lactones) is 1. The molecule has 2 saturated heterocycles. The van der Waals surface area contributed by atoms with Crippen molar-refractivity contribution in [2.24, 2.45) is 35.5 Å². The third kappa shape index (κ3) is 14.3. The molecule has 3 fully saturated rings. The standard InChI is InChI=1S/C50H79NO11/c1-30-15-11-10-12-16-31(2)42(53)27-39-20-18-36(7)50(59,62-39)29-46(55)51-22-14-13-17-40(51)49(58)61-44(34(5)25-38-19-21-41(52)45(26-38)60-9)28-43(54)33(4)24-35(6)47(56)48(57)37(8)32(3)23-30/h10-12,15-16,24,30,32-34,36,38-42,44-45,47-48,52-53,56-57,59H,8,13-14,17-23,25-29H2,1-7,9H3/b12-10+,15-11+,31-16+,35-24+/t30-,32-,33-,34-,36-,38+,39+,40+,41-,42+,44+,45-,47-,48+,50+/m1/s1. The number of allylic oxidation sites excluding steroid dienone is 6. The summed E-state index contributed by atoms with van der Waals surface area (Å²) in [4.78, 5) is 44.0. The van der Waals surface area contributed by atoms with Crippen molar-refractivity contribution in [2.45, 2.75) is 186 Å². The molecule has 15 atom stereocenters. The molecule has 0 unspecified atom stereocenters. The Bertz CT molecular complexity index is 1640. The third-order valence-corrected chi connectivity index (χ3v) is 14.3. The van der Waals surface area contributed by atoms with E-state index in [1.807, 2.05) is 58.1 Å². The summed E-state index contributed by atoms with van der Waals surface area (Å²) in [7, 11) is 1.59. The van der Waals surface area contributed by atoms with E-state index in [2.05, 4.69) is 13.5 Å². The largest absolute Gasteiger partial charge is 0.460 e. The van der Waals surface area contributed by atoms with E-state index in [9.17, 15) is 39.9 Å². The molecule has 2 bridgehead atoms. The normalized spacial score (nSPS) is 41.8. The lowest BCUT2D eigenvalue weighted by atomic mass is 9.78. The van der Waals surface area contributed by atoms with Crippen LogP contribution < -0.4 is 0 Å². The molecule has 0 spiro atoms. The summed E-state index contributed by atoms with van der Waals surface area (Å²) in [5.74, 6) is -4.15. The van der Waals surface area contributed by atoms with Crippen LogP contribution in [0.15, 0.2) is 59.8 Å². The van der Waals surface area contributed by atoms with Gasteiger partial charge in [-0.1, -0.05) is 77.7 Å². The summed E-state index contributed by atoms with van der Waals surface area (Å²) in [5, 5.41) is 55.9. The summed E-state index contributed by atoms with van der Waals surface area (Å²) >= 11 is 0. The monoisotopic (exact) mass is 870 g/mol. The summed E-state index contributed by atoms with van der Waals surface area (Å²) < 4.78 is 18.1. The van der Waals surface area contributed by atoms with E-state index in [0.29, 0.717) is 75.5 Å².